The number of anilines is 2. The van der Waals surface area contributed by atoms with Crippen molar-refractivity contribution in [3.8, 4) is 5.75 Å². The summed E-state index contributed by atoms with van der Waals surface area (Å²) in [5.41, 5.74) is 1.90. The third-order valence-electron chi connectivity index (χ3n) is 3.35. The van der Waals surface area contributed by atoms with Gasteiger partial charge in [-0.1, -0.05) is 0 Å². The van der Waals surface area contributed by atoms with Gasteiger partial charge >= 0.3 is 0 Å². The molecular formula is C18H17N3O3S2. The number of amides is 2. The molecule has 0 radical (unpaired) electrons. The highest BCUT2D eigenvalue weighted by molar-refractivity contribution is 7.14. The predicted octanol–water partition coefficient (Wildman–Crippen LogP) is 4.04. The Labute approximate surface area is 158 Å². The second-order valence-electron chi connectivity index (χ2n) is 5.29. The highest BCUT2D eigenvalue weighted by atomic mass is 32.1. The lowest BCUT2D eigenvalue weighted by Crippen LogP contribution is -2.15. The Morgan fingerprint density at radius 3 is 2.62 bits per heavy atom. The summed E-state index contributed by atoms with van der Waals surface area (Å²) in [6.07, 6.45) is 0.137. The molecule has 0 atom stereocenters. The van der Waals surface area contributed by atoms with Gasteiger partial charge in [-0.2, -0.15) is 11.3 Å². The number of nitrogens with zero attached hydrogens (tertiary/aromatic N) is 1. The number of nitrogens with one attached hydrogen (secondary N) is 2. The maximum atomic E-state index is 12.1. The molecule has 2 heterocycles. The third-order valence-corrected chi connectivity index (χ3v) is 4.84. The minimum Gasteiger partial charge on any atom is -0.494 e. The van der Waals surface area contributed by atoms with Crippen LogP contribution in [0.4, 0.5) is 10.8 Å². The standard InChI is InChI=1S/C18H17N3O3S2/c1-2-24-15-5-3-13(4-6-15)19-16(22)9-14-11-26-18(20-14)21-17(23)12-7-8-25-10-12/h3-8,10-11H,2,9H2,1H3,(H,19,22)(H,20,21,23). The molecule has 0 fully saturated rings. The molecule has 0 aliphatic rings. The first kappa shape index (κ1) is 18.1. The Bertz CT molecular complexity index is 873. The van der Waals surface area contributed by atoms with Gasteiger partial charge in [0, 0.05) is 16.4 Å². The van der Waals surface area contributed by atoms with Crippen molar-refractivity contribution in [2.24, 2.45) is 0 Å². The average Bonchev–Trinajstić information content (AvgIpc) is 3.29. The summed E-state index contributed by atoms with van der Waals surface area (Å²) in [5.74, 6) is 0.386. The summed E-state index contributed by atoms with van der Waals surface area (Å²) in [6.45, 7) is 2.52. The van der Waals surface area contributed by atoms with Gasteiger partial charge in [0.15, 0.2) is 5.13 Å². The second-order valence-corrected chi connectivity index (χ2v) is 6.93. The van der Waals surface area contributed by atoms with Crippen LogP contribution in [0.1, 0.15) is 23.0 Å². The third kappa shape index (κ3) is 4.90. The summed E-state index contributed by atoms with van der Waals surface area (Å²) in [5, 5.41) is 11.4. The molecular weight excluding hydrogens is 370 g/mol. The van der Waals surface area contributed by atoms with Crippen LogP contribution in [-0.4, -0.2) is 23.4 Å². The van der Waals surface area contributed by atoms with Crippen molar-refractivity contribution in [2.45, 2.75) is 13.3 Å². The maximum absolute atomic E-state index is 12.1. The van der Waals surface area contributed by atoms with E-state index in [1.54, 1.807) is 41.1 Å². The quantitative estimate of drug-likeness (QED) is 0.641. The SMILES string of the molecule is CCOc1ccc(NC(=O)Cc2csc(NC(=O)c3ccsc3)n2)cc1. The summed E-state index contributed by atoms with van der Waals surface area (Å²) in [4.78, 5) is 28.4. The van der Waals surface area contributed by atoms with Crippen LogP contribution in [0.2, 0.25) is 0 Å². The Kier molecular flexibility index (Phi) is 5.98. The normalized spacial score (nSPS) is 10.3. The Hall–Kier alpha value is -2.71. The van der Waals surface area contributed by atoms with Crippen LogP contribution in [0.15, 0.2) is 46.5 Å². The van der Waals surface area contributed by atoms with Crippen molar-refractivity contribution >= 4 is 45.3 Å². The predicted molar refractivity (Wildman–Crippen MR) is 104 cm³/mol. The number of carbonyl (C=O) groups excluding carboxylic acids is 2. The molecule has 2 N–H and O–H groups in total. The molecule has 2 amide bonds. The highest BCUT2D eigenvalue weighted by Gasteiger charge is 2.11. The van der Waals surface area contributed by atoms with Crippen LogP contribution in [-0.2, 0) is 11.2 Å². The molecule has 0 spiro atoms. The number of hydrogen-bond acceptors (Lipinski definition) is 6. The van der Waals surface area contributed by atoms with E-state index in [1.165, 1.54) is 22.7 Å². The number of aromatic nitrogens is 1. The van der Waals surface area contributed by atoms with E-state index in [4.69, 9.17) is 4.74 Å². The molecule has 0 saturated heterocycles. The van der Waals surface area contributed by atoms with Crippen molar-refractivity contribution in [3.63, 3.8) is 0 Å². The molecule has 3 aromatic rings. The molecule has 8 heteroatoms. The second kappa shape index (κ2) is 8.59. The van der Waals surface area contributed by atoms with Crippen molar-refractivity contribution < 1.29 is 14.3 Å². The number of thiophene rings is 1. The van der Waals surface area contributed by atoms with E-state index in [9.17, 15) is 9.59 Å². The first-order valence-corrected chi connectivity index (χ1v) is 9.77. The van der Waals surface area contributed by atoms with Crippen LogP contribution in [0.5, 0.6) is 5.75 Å². The topological polar surface area (TPSA) is 80.3 Å². The minimum atomic E-state index is -0.203. The zero-order valence-electron chi connectivity index (χ0n) is 14.0. The summed E-state index contributed by atoms with van der Waals surface area (Å²) >= 11 is 2.75. The van der Waals surface area contributed by atoms with Gasteiger partial charge < -0.3 is 10.1 Å². The summed E-state index contributed by atoms with van der Waals surface area (Å²) in [7, 11) is 0. The van der Waals surface area contributed by atoms with Gasteiger partial charge in [-0.05, 0) is 42.6 Å². The molecule has 1 aromatic carbocycles. The molecule has 0 unspecified atom stereocenters. The fourth-order valence-electron chi connectivity index (χ4n) is 2.18. The minimum absolute atomic E-state index is 0.137. The van der Waals surface area contributed by atoms with Gasteiger partial charge in [0.2, 0.25) is 5.91 Å². The molecule has 6 nitrogen and oxygen atoms in total. The summed E-state index contributed by atoms with van der Waals surface area (Å²) < 4.78 is 5.37. The summed E-state index contributed by atoms with van der Waals surface area (Å²) in [6, 6.07) is 8.94. The van der Waals surface area contributed by atoms with Gasteiger partial charge in [0.1, 0.15) is 5.75 Å². The molecule has 0 aliphatic carbocycles. The van der Waals surface area contributed by atoms with Gasteiger partial charge in [-0.15, -0.1) is 11.3 Å². The van der Waals surface area contributed by atoms with Gasteiger partial charge in [0.05, 0.1) is 24.3 Å². The largest absolute Gasteiger partial charge is 0.494 e. The Morgan fingerprint density at radius 1 is 1.12 bits per heavy atom. The van der Waals surface area contributed by atoms with E-state index in [0.717, 1.165) is 5.75 Å². The molecule has 3 rings (SSSR count). The highest BCUT2D eigenvalue weighted by Crippen LogP contribution is 2.19. The number of benzene rings is 1. The monoisotopic (exact) mass is 387 g/mol. The lowest BCUT2D eigenvalue weighted by atomic mass is 10.2. The van der Waals surface area contributed by atoms with Gasteiger partial charge in [0.25, 0.3) is 5.91 Å². The van der Waals surface area contributed by atoms with Gasteiger partial charge in [-0.25, -0.2) is 4.98 Å². The smallest absolute Gasteiger partial charge is 0.258 e. The van der Waals surface area contributed by atoms with Crippen LogP contribution in [0.25, 0.3) is 0 Å². The molecule has 134 valence electrons. The van der Waals surface area contributed by atoms with Crippen LogP contribution >= 0.6 is 22.7 Å². The number of hydrogen-bond donors (Lipinski definition) is 2. The fourth-order valence-corrected chi connectivity index (χ4v) is 3.52. The number of rotatable bonds is 7. The first-order chi connectivity index (χ1) is 12.6. The van der Waals surface area contributed by atoms with Crippen molar-refractivity contribution in [3.05, 3.63) is 57.7 Å². The number of thiazole rings is 1. The van der Waals surface area contributed by atoms with E-state index >= 15 is 0 Å². The van der Waals surface area contributed by atoms with Crippen LogP contribution in [0, 0.1) is 0 Å². The lowest BCUT2D eigenvalue weighted by Gasteiger charge is -2.06. The van der Waals surface area contributed by atoms with Crippen LogP contribution < -0.4 is 15.4 Å². The number of ether oxygens (including phenoxy) is 1. The van der Waals surface area contributed by atoms with E-state index < -0.39 is 0 Å². The molecule has 0 aliphatic heterocycles. The van der Waals surface area contributed by atoms with E-state index in [2.05, 4.69) is 15.6 Å². The molecule has 26 heavy (non-hydrogen) atoms. The Balaban J connectivity index is 1.53. The zero-order valence-corrected chi connectivity index (χ0v) is 15.7. The maximum Gasteiger partial charge on any atom is 0.258 e. The molecule has 0 saturated carbocycles. The van der Waals surface area contributed by atoms with E-state index in [0.29, 0.717) is 28.7 Å². The fraction of sp³-hybridized carbons (Fsp3) is 0.167. The zero-order chi connectivity index (χ0) is 18.4. The first-order valence-electron chi connectivity index (χ1n) is 7.94. The Morgan fingerprint density at radius 2 is 1.92 bits per heavy atom. The van der Waals surface area contributed by atoms with Crippen LogP contribution in [0.3, 0.4) is 0 Å². The van der Waals surface area contributed by atoms with Crippen molar-refractivity contribution in [2.75, 3.05) is 17.2 Å². The van der Waals surface area contributed by atoms with E-state index in [1.807, 2.05) is 12.3 Å². The number of carbonyl (C=O) groups is 2. The molecule has 0 bridgehead atoms. The molecule has 2 aromatic heterocycles. The van der Waals surface area contributed by atoms with E-state index in [-0.39, 0.29) is 18.2 Å². The average molecular weight is 387 g/mol. The lowest BCUT2D eigenvalue weighted by molar-refractivity contribution is -0.115. The van der Waals surface area contributed by atoms with Crippen molar-refractivity contribution in [1.82, 2.24) is 4.98 Å². The van der Waals surface area contributed by atoms with Crippen molar-refractivity contribution in [1.29, 1.82) is 0 Å². The van der Waals surface area contributed by atoms with Gasteiger partial charge in [-0.3, -0.25) is 14.9 Å².